The Morgan fingerprint density at radius 2 is 1.91 bits per heavy atom. The van der Waals surface area contributed by atoms with Crippen LogP contribution in [0.15, 0.2) is 36.3 Å². The molecule has 4 N–H and O–H groups in total. The van der Waals surface area contributed by atoms with Crippen LogP contribution in [0.1, 0.15) is 0 Å². The van der Waals surface area contributed by atoms with Gasteiger partial charge in [-0.15, -0.1) is 0 Å². The predicted octanol–water partition coefficient (Wildman–Crippen LogP) is 0.0918. The van der Waals surface area contributed by atoms with Crippen molar-refractivity contribution in [2.24, 2.45) is 11.5 Å². The minimum Gasteiger partial charge on any atom is -0.398 e. The van der Waals surface area contributed by atoms with Gasteiger partial charge < -0.3 is 11.5 Å². The second kappa shape index (κ2) is 3.40. The highest BCUT2D eigenvalue weighted by Gasteiger charge is 2.03. The molecule has 0 heterocycles. The summed E-state index contributed by atoms with van der Waals surface area (Å²) >= 11 is 0. The van der Waals surface area contributed by atoms with Crippen molar-refractivity contribution in [1.29, 1.82) is 0 Å². The van der Waals surface area contributed by atoms with Gasteiger partial charge in [0.05, 0.1) is 10.6 Å². The Morgan fingerprint density at radius 3 is 2.18 bits per heavy atom. The number of nitrogens with zero attached hydrogens (tertiary/aromatic N) is 1. The zero-order valence-corrected chi connectivity index (χ0v) is 5.91. The Morgan fingerprint density at radius 1 is 1.45 bits per heavy atom. The van der Waals surface area contributed by atoms with Gasteiger partial charge in [-0.25, -0.2) is 0 Å². The first-order valence-electron chi connectivity index (χ1n) is 2.70. The minimum absolute atomic E-state index is 0.0618. The van der Waals surface area contributed by atoms with Gasteiger partial charge >= 0.3 is 0 Å². The first kappa shape index (κ1) is 9.22. The van der Waals surface area contributed by atoms with Crippen LogP contribution in [0.2, 0.25) is 0 Å². The van der Waals surface area contributed by atoms with E-state index in [9.17, 15) is 10.1 Å². The minimum atomic E-state index is -0.657. The molecule has 0 aromatic heterocycles. The summed E-state index contributed by atoms with van der Waals surface area (Å²) < 4.78 is 0. The van der Waals surface area contributed by atoms with Crippen LogP contribution in [0.25, 0.3) is 0 Å². The van der Waals surface area contributed by atoms with Crippen molar-refractivity contribution in [2.75, 3.05) is 0 Å². The number of allylic oxidation sites excluding steroid dienone is 1. The van der Waals surface area contributed by atoms with E-state index < -0.39 is 4.92 Å². The maximum absolute atomic E-state index is 9.99. The van der Waals surface area contributed by atoms with E-state index >= 15 is 0 Å². The van der Waals surface area contributed by atoms with Crippen LogP contribution in [0, 0.1) is 10.1 Å². The third-order valence-electron chi connectivity index (χ3n) is 0.927. The van der Waals surface area contributed by atoms with E-state index in [1.807, 2.05) is 0 Å². The lowest BCUT2D eigenvalue weighted by Gasteiger charge is -1.96. The Kier molecular flexibility index (Phi) is 2.85. The molecule has 0 atom stereocenters. The Bertz CT molecular complexity index is 242. The predicted molar refractivity (Wildman–Crippen MR) is 41.7 cm³/mol. The first-order chi connectivity index (χ1) is 4.95. The van der Waals surface area contributed by atoms with Crippen LogP contribution in [0.5, 0.6) is 0 Å². The molecular formula is C6H9N3O2. The average Bonchev–Trinajstić information content (AvgIpc) is 1.87. The monoisotopic (exact) mass is 155 g/mol. The van der Waals surface area contributed by atoms with Gasteiger partial charge in [0, 0.05) is 11.8 Å². The summed E-state index contributed by atoms with van der Waals surface area (Å²) in [6.45, 7) is 6.41. The molecule has 0 saturated carbocycles. The molecule has 0 aromatic rings. The molecule has 0 bridgehead atoms. The van der Waals surface area contributed by atoms with Crippen LogP contribution in [-0.4, -0.2) is 4.92 Å². The molecule has 0 aliphatic heterocycles. The standard InChI is InChI=1S/C6H9N3O2/c1-4(9(10)11)3-6(8)5(2)7/h3H,1-2,7-8H2/b6-3+. The van der Waals surface area contributed by atoms with Crippen molar-refractivity contribution < 1.29 is 4.92 Å². The smallest absolute Gasteiger partial charge is 0.264 e. The number of rotatable bonds is 3. The van der Waals surface area contributed by atoms with Crippen molar-refractivity contribution in [3.05, 3.63) is 46.4 Å². The maximum atomic E-state index is 9.99. The number of nitrogens with two attached hydrogens (primary N) is 2. The topological polar surface area (TPSA) is 95.2 Å². The maximum Gasteiger partial charge on any atom is 0.264 e. The van der Waals surface area contributed by atoms with Gasteiger partial charge in [-0.3, -0.25) is 10.1 Å². The Hall–Kier alpha value is -1.78. The highest BCUT2D eigenvalue weighted by molar-refractivity contribution is 5.27. The van der Waals surface area contributed by atoms with E-state index in [0.717, 1.165) is 6.08 Å². The molecule has 11 heavy (non-hydrogen) atoms. The number of hydrogen-bond acceptors (Lipinski definition) is 4. The van der Waals surface area contributed by atoms with Crippen molar-refractivity contribution in [3.8, 4) is 0 Å². The summed E-state index contributed by atoms with van der Waals surface area (Å²) in [4.78, 5) is 9.34. The largest absolute Gasteiger partial charge is 0.398 e. The second-order valence-corrected chi connectivity index (χ2v) is 1.87. The highest BCUT2D eigenvalue weighted by Crippen LogP contribution is 1.99. The molecule has 0 unspecified atom stereocenters. The number of nitro groups is 1. The fourth-order valence-electron chi connectivity index (χ4n) is 0.325. The third kappa shape index (κ3) is 3.04. The van der Waals surface area contributed by atoms with Crippen LogP contribution in [-0.2, 0) is 0 Å². The van der Waals surface area contributed by atoms with E-state index in [0.29, 0.717) is 0 Å². The van der Waals surface area contributed by atoms with Crippen LogP contribution >= 0.6 is 0 Å². The van der Waals surface area contributed by atoms with Crippen LogP contribution in [0.3, 0.4) is 0 Å². The molecule has 0 spiro atoms. The lowest BCUT2D eigenvalue weighted by Crippen LogP contribution is -2.09. The molecule has 0 aliphatic rings. The Balaban J connectivity index is 4.44. The zero-order chi connectivity index (χ0) is 9.02. The first-order valence-corrected chi connectivity index (χ1v) is 2.70. The van der Waals surface area contributed by atoms with E-state index in [1.54, 1.807) is 0 Å². The van der Waals surface area contributed by atoms with Crippen LogP contribution < -0.4 is 11.5 Å². The summed E-state index contributed by atoms with van der Waals surface area (Å²) in [5, 5.41) is 9.99. The molecule has 0 amide bonds. The molecule has 5 heteroatoms. The van der Waals surface area contributed by atoms with E-state index in [-0.39, 0.29) is 17.1 Å². The molecule has 0 fully saturated rings. The SMILES string of the molecule is C=C(N)/C(N)=C\C(=C)[N+](=O)[O-]. The van der Waals surface area contributed by atoms with Crippen molar-refractivity contribution in [2.45, 2.75) is 0 Å². The van der Waals surface area contributed by atoms with Gasteiger partial charge in [-0.05, 0) is 6.58 Å². The van der Waals surface area contributed by atoms with Gasteiger partial charge in [0.25, 0.3) is 5.70 Å². The van der Waals surface area contributed by atoms with Crippen molar-refractivity contribution >= 4 is 0 Å². The fourth-order valence-corrected chi connectivity index (χ4v) is 0.325. The summed E-state index contributed by atoms with van der Waals surface area (Å²) in [5.74, 6) is 0. The van der Waals surface area contributed by atoms with E-state index in [2.05, 4.69) is 13.2 Å². The van der Waals surface area contributed by atoms with E-state index in [4.69, 9.17) is 11.5 Å². The second-order valence-electron chi connectivity index (χ2n) is 1.87. The lowest BCUT2D eigenvalue weighted by molar-refractivity contribution is -0.418. The third-order valence-corrected chi connectivity index (χ3v) is 0.927. The normalized spacial score (nSPS) is 10.7. The lowest BCUT2D eigenvalue weighted by atomic mass is 10.3. The molecular weight excluding hydrogens is 146 g/mol. The van der Waals surface area contributed by atoms with Crippen molar-refractivity contribution in [3.63, 3.8) is 0 Å². The molecule has 0 radical (unpaired) electrons. The molecule has 0 rings (SSSR count). The summed E-state index contributed by atoms with van der Waals surface area (Å²) in [7, 11) is 0. The molecule has 0 aliphatic carbocycles. The summed E-state index contributed by atoms with van der Waals surface area (Å²) in [6, 6.07) is 0. The summed E-state index contributed by atoms with van der Waals surface area (Å²) in [6.07, 6.45) is 1.06. The van der Waals surface area contributed by atoms with Crippen molar-refractivity contribution in [1.82, 2.24) is 0 Å². The fraction of sp³-hybridized carbons (Fsp3) is 0. The van der Waals surface area contributed by atoms with Gasteiger partial charge in [-0.2, -0.15) is 0 Å². The molecule has 60 valence electrons. The zero-order valence-electron chi connectivity index (χ0n) is 5.91. The highest BCUT2D eigenvalue weighted by atomic mass is 16.6. The van der Waals surface area contributed by atoms with Gasteiger partial charge in [0.1, 0.15) is 0 Å². The molecule has 0 saturated heterocycles. The summed E-state index contributed by atoms with van der Waals surface area (Å²) in [5.41, 5.74) is 10.2. The molecule has 5 nitrogen and oxygen atoms in total. The number of hydrogen-bond donors (Lipinski definition) is 2. The average molecular weight is 155 g/mol. The Labute approximate surface area is 63.8 Å². The molecule has 0 aromatic carbocycles. The van der Waals surface area contributed by atoms with Crippen LogP contribution in [0.4, 0.5) is 0 Å². The van der Waals surface area contributed by atoms with Gasteiger partial charge in [-0.1, -0.05) is 6.58 Å². The van der Waals surface area contributed by atoms with Gasteiger partial charge in [0.15, 0.2) is 0 Å². The van der Waals surface area contributed by atoms with E-state index in [1.165, 1.54) is 0 Å². The van der Waals surface area contributed by atoms with Gasteiger partial charge in [0.2, 0.25) is 0 Å². The quantitative estimate of drug-likeness (QED) is 0.343.